The molecule has 6 heteroatoms. The van der Waals surface area contributed by atoms with Crippen LogP contribution >= 0.6 is 0 Å². The average Bonchev–Trinajstić information content (AvgIpc) is 3.91. The van der Waals surface area contributed by atoms with Crippen molar-refractivity contribution < 1.29 is 8.83 Å². The van der Waals surface area contributed by atoms with Gasteiger partial charge in [-0.05, 0) is 75.8 Å². The topological polar surface area (TPSA) is 77.8 Å². The van der Waals surface area contributed by atoms with Gasteiger partial charge in [-0.3, -0.25) is 0 Å². The molecule has 11 aromatic rings. The molecule has 58 heavy (non-hydrogen) atoms. The van der Waals surface area contributed by atoms with Crippen molar-refractivity contribution in [3.63, 3.8) is 0 Å². The molecule has 11 rings (SSSR count). The molecule has 3 heterocycles. The van der Waals surface area contributed by atoms with Crippen molar-refractivity contribution in [3.8, 4) is 79.0 Å². The number of aromatic nitrogens is 4. The zero-order chi connectivity index (χ0) is 38.4. The van der Waals surface area contributed by atoms with Crippen molar-refractivity contribution in [1.82, 2.24) is 19.9 Å². The Morgan fingerprint density at radius 2 is 0.810 bits per heavy atom. The van der Waals surface area contributed by atoms with E-state index in [1.54, 1.807) is 0 Å². The predicted octanol–water partition coefficient (Wildman–Crippen LogP) is 13.6. The van der Waals surface area contributed by atoms with Crippen LogP contribution in [0.15, 0.2) is 203 Å². The lowest BCUT2D eigenvalue weighted by molar-refractivity contribution is 0.620. The average molecular weight is 745 g/mol. The largest absolute Gasteiger partial charge is 0.456 e. The summed E-state index contributed by atoms with van der Waals surface area (Å²) < 4.78 is 12.9. The Kier molecular flexibility index (Phi) is 8.04. The van der Waals surface area contributed by atoms with E-state index < -0.39 is 0 Å². The second-order valence-electron chi connectivity index (χ2n) is 14.3. The summed E-state index contributed by atoms with van der Waals surface area (Å²) in [6.45, 7) is 0. The Morgan fingerprint density at radius 3 is 1.52 bits per heavy atom. The van der Waals surface area contributed by atoms with E-state index in [-0.39, 0.29) is 0 Å². The summed E-state index contributed by atoms with van der Waals surface area (Å²) in [7, 11) is 0. The van der Waals surface area contributed by atoms with E-state index in [4.69, 9.17) is 28.8 Å². The van der Waals surface area contributed by atoms with Gasteiger partial charge in [0.25, 0.3) is 0 Å². The molecule has 0 bridgehead atoms. The van der Waals surface area contributed by atoms with Crippen molar-refractivity contribution in [1.29, 1.82) is 0 Å². The highest BCUT2D eigenvalue weighted by Crippen LogP contribution is 2.39. The molecule has 0 spiro atoms. The molecule has 0 unspecified atom stereocenters. The fourth-order valence-corrected chi connectivity index (χ4v) is 7.67. The number of furan rings is 1. The maximum atomic E-state index is 6.45. The first-order valence-electron chi connectivity index (χ1n) is 19.2. The number of rotatable bonds is 7. The monoisotopic (exact) mass is 744 g/mol. The molecule has 0 aliphatic rings. The molecule has 8 aromatic carbocycles. The standard InChI is InChI=1S/C52H32N4O2/c1-4-12-33(13-5-1)34-22-24-35(25-23-34)38-18-10-19-41(30-38)52-53-44-28-26-40(32-47(44)58-52)39-27-29-45-43(31-39)48-42(20-11-21-46(48)57-45)51-55-49(36-14-6-2-7-15-36)54-50(56-51)37-16-8-3-9-17-37/h1-32H. The number of nitrogens with zero attached hydrogens (tertiary/aromatic N) is 4. The number of oxazole rings is 1. The lowest BCUT2D eigenvalue weighted by Gasteiger charge is -2.09. The summed E-state index contributed by atoms with van der Waals surface area (Å²) in [6.07, 6.45) is 0. The van der Waals surface area contributed by atoms with Gasteiger partial charge in [-0.15, -0.1) is 0 Å². The normalized spacial score (nSPS) is 11.4. The van der Waals surface area contributed by atoms with Crippen LogP contribution in [-0.4, -0.2) is 19.9 Å². The van der Waals surface area contributed by atoms with Crippen LogP contribution in [0.3, 0.4) is 0 Å². The van der Waals surface area contributed by atoms with E-state index in [1.807, 2.05) is 97.1 Å². The quantitative estimate of drug-likeness (QED) is 0.162. The molecule has 272 valence electrons. The van der Waals surface area contributed by atoms with Crippen molar-refractivity contribution in [2.45, 2.75) is 0 Å². The van der Waals surface area contributed by atoms with E-state index in [0.29, 0.717) is 23.4 Å². The minimum atomic E-state index is 0.579. The van der Waals surface area contributed by atoms with E-state index in [9.17, 15) is 0 Å². The van der Waals surface area contributed by atoms with Gasteiger partial charge in [0.05, 0.1) is 0 Å². The van der Waals surface area contributed by atoms with Crippen LogP contribution in [0.25, 0.3) is 112 Å². The van der Waals surface area contributed by atoms with Gasteiger partial charge in [-0.1, -0.05) is 152 Å². The predicted molar refractivity (Wildman–Crippen MR) is 233 cm³/mol. The molecule has 0 aliphatic carbocycles. The van der Waals surface area contributed by atoms with Gasteiger partial charge in [-0.2, -0.15) is 0 Å². The second-order valence-corrected chi connectivity index (χ2v) is 14.3. The molecular formula is C52H32N4O2. The SMILES string of the molecule is c1ccc(-c2ccc(-c3cccc(-c4nc5ccc(-c6ccc7oc8cccc(-c9nc(-c%10ccccc%10)nc(-c%10ccccc%10)n9)c8c7c6)cc5o4)c3)cc2)cc1. The zero-order valence-corrected chi connectivity index (χ0v) is 31.1. The fraction of sp³-hybridized carbons (Fsp3) is 0. The lowest BCUT2D eigenvalue weighted by Crippen LogP contribution is -2.00. The lowest BCUT2D eigenvalue weighted by atomic mass is 9.99. The summed E-state index contributed by atoms with van der Waals surface area (Å²) in [6, 6.07) is 66.0. The summed E-state index contributed by atoms with van der Waals surface area (Å²) in [4.78, 5) is 19.9. The molecule has 0 saturated heterocycles. The van der Waals surface area contributed by atoms with Gasteiger partial charge in [0, 0.05) is 33.0 Å². The molecule has 0 fully saturated rings. The molecule has 0 aliphatic heterocycles. The molecule has 0 amide bonds. The van der Waals surface area contributed by atoms with Crippen LogP contribution in [0.5, 0.6) is 0 Å². The van der Waals surface area contributed by atoms with Crippen LogP contribution in [0.2, 0.25) is 0 Å². The van der Waals surface area contributed by atoms with Crippen molar-refractivity contribution >= 4 is 33.0 Å². The minimum Gasteiger partial charge on any atom is -0.456 e. The van der Waals surface area contributed by atoms with Gasteiger partial charge in [0.1, 0.15) is 16.7 Å². The summed E-state index contributed by atoms with van der Waals surface area (Å²) in [5, 5.41) is 1.92. The van der Waals surface area contributed by atoms with Crippen LogP contribution in [0.1, 0.15) is 0 Å². The number of fused-ring (bicyclic) bond motifs is 4. The van der Waals surface area contributed by atoms with Gasteiger partial charge in [0.15, 0.2) is 23.1 Å². The van der Waals surface area contributed by atoms with Crippen LogP contribution in [0, 0.1) is 0 Å². The Bertz CT molecular complexity index is 3210. The van der Waals surface area contributed by atoms with Crippen molar-refractivity contribution in [3.05, 3.63) is 194 Å². The fourth-order valence-electron chi connectivity index (χ4n) is 7.67. The zero-order valence-electron chi connectivity index (χ0n) is 31.1. The molecule has 6 nitrogen and oxygen atoms in total. The maximum absolute atomic E-state index is 6.45. The first-order valence-corrected chi connectivity index (χ1v) is 19.2. The summed E-state index contributed by atoms with van der Waals surface area (Å²) in [5.41, 5.74) is 13.3. The third-order valence-electron chi connectivity index (χ3n) is 10.6. The molecular weight excluding hydrogens is 713 g/mol. The van der Waals surface area contributed by atoms with E-state index >= 15 is 0 Å². The number of hydrogen-bond donors (Lipinski definition) is 0. The smallest absolute Gasteiger partial charge is 0.227 e. The maximum Gasteiger partial charge on any atom is 0.227 e. The molecule has 0 atom stereocenters. The first-order chi connectivity index (χ1) is 28.7. The first kappa shape index (κ1) is 33.4. The number of hydrogen-bond acceptors (Lipinski definition) is 6. The van der Waals surface area contributed by atoms with Crippen molar-refractivity contribution in [2.24, 2.45) is 0 Å². The summed E-state index contributed by atoms with van der Waals surface area (Å²) in [5.74, 6) is 2.38. The third kappa shape index (κ3) is 6.10. The Hall–Kier alpha value is -7.96. The van der Waals surface area contributed by atoms with E-state index in [0.717, 1.165) is 77.5 Å². The Morgan fingerprint density at radius 1 is 0.293 bits per heavy atom. The Labute approximate surface area is 333 Å². The summed E-state index contributed by atoms with van der Waals surface area (Å²) >= 11 is 0. The van der Waals surface area contributed by atoms with Gasteiger partial charge < -0.3 is 8.83 Å². The highest BCUT2D eigenvalue weighted by Gasteiger charge is 2.19. The van der Waals surface area contributed by atoms with Crippen LogP contribution in [-0.2, 0) is 0 Å². The van der Waals surface area contributed by atoms with Gasteiger partial charge in [0.2, 0.25) is 5.89 Å². The molecule has 0 N–H and O–H groups in total. The molecule has 3 aromatic heterocycles. The highest BCUT2D eigenvalue weighted by molar-refractivity contribution is 6.13. The molecule has 0 saturated carbocycles. The minimum absolute atomic E-state index is 0.579. The third-order valence-corrected chi connectivity index (χ3v) is 10.6. The van der Waals surface area contributed by atoms with Crippen LogP contribution < -0.4 is 0 Å². The number of benzene rings is 8. The van der Waals surface area contributed by atoms with Gasteiger partial charge in [-0.25, -0.2) is 19.9 Å². The van der Waals surface area contributed by atoms with Crippen LogP contribution in [0.4, 0.5) is 0 Å². The second kappa shape index (κ2) is 14.0. The molecule has 0 radical (unpaired) electrons. The van der Waals surface area contributed by atoms with E-state index in [2.05, 4.69) is 97.1 Å². The highest BCUT2D eigenvalue weighted by atomic mass is 16.3. The van der Waals surface area contributed by atoms with E-state index in [1.165, 1.54) is 11.1 Å². The Balaban J connectivity index is 0.958. The van der Waals surface area contributed by atoms with Gasteiger partial charge >= 0.3 is 0 Å². The van der Waals surface area contributed by atoms with Crippen molar-refractivity contribution in [2.75, 3.05) is 0 Å².